The molecule has 2 heterocycles. The van der Waals surface area contributed by atoms with Gasteiger partial charge in [0, 0.05) is 49.7 Å². The van der Waals surface area contributed by atoms with Gasteiger partial charge in [-0.25, -0.2) is 0 Å². The van der Waals surface area contributed by atoms with E-state index in [1.165, 1.54) is 31.2 Å². The maximum Gasteiger partial charge on any atom is 0.310 e. The number of nitrogens with zero attached hydrogens (tertiary/aromatic N) is 2. The molecule has 1 unspecified atom stereocenters. The number of halogens is 5. The fourth-order valence-electron chi connectivity index (χ4n) is 7.16. The van der Waals surface area contributed by atoms with Gasteiger partial charge in [-0.3, -0.25) is 14.5 Å². The zero-order valence-corrected chi connectivity index (χ0v) is 22.8. The minimum absolute atomic E-state index is 0.000490. The average molecular weight is 584 g/mol. The van der Waals surface area contributed by atoms with Crippen molar-refractivity contribution in [2.24, 2.45) is 17.8 Å². The Hall–Kier alpha value is -2.66. The van der Waals surface area contributed by atoms with Crippen molar-refractivity contribution < 1.29 is 29.0 Å². The van der Waals surface area contributed by atoms with E-state index in [9.17, 15) is 29.0 Å². The lowest BCUT2D eigenvalue weighted by molar-refractivity contribution is -0.132. The first-order chi connectivity index (χ1) is 18.8. The van der Waals surface area contributed by atoms with Crippen LogP contribution in [0.4, 0.5) is 19.4 Å². The van der Waals surface area contributed by atoms with Gasteiger partial charge in [-0.15, -0.1) is 0 Å². The number of fused-ring (bicyclic) bond motifs is 1. The van der Waals surface area contributed by atoms with Crippen LogP contribution in [0.5, 0.6) is 0 Å². The van der Waals surface area contributed by atoms with E-state index < -0.39 is 32.6 Å². The molecular formula is C29H34F5N3O2S. The van der Waals surface area contributed by atoms with Crippen LogP contribution < -0.4 is 5.32 Å². The molecule has 2 amide bonds. The normalized spacial score (nSPS) is 32.2. The first-order valence-electron chi connectivity index (χ1n) is 14.0. The number of piperidine rings is 1. The van der Waals surface area contributed by atoms with Crippen molar-refractivity contribution in [2.45, 2.75) is 55.0 Å². The highest BCUT2D eigenvalue weighted by atomic mass is 32.5. The molecule has 2 saturated carbocycles. The third-order valence-electron chi connectivity index (χ3n) is 9.37. The molecule has 2 saturated heterocycles. The smallest absolute Gasteiger partial charge is 0.310 e. The van der Waals surface area contributed by atoms with Crippen molar-refractivity contribution in [1.82, 2.24) is 15.1 Å². The molecule has 218 valence electrons. The highest BCUT2D eigenvalue weighted by molar-refractivity contribution is 8.45. The van der Waals surface area contributed by atoms with E-state index in [2.05, 4.69) is 40.5 Å². The molecule has 0 radical (unpaired) electrons. The highest BCUT2D eigenvalue weighted by Crippen LogP contribution is 3.02. The number of carbonyl (C=O) groups excluding carboxylic acids is 2. The van der Waals surface area contributed by atoms with E-state index in [1.807, 2.05) is 0 Å². The Kier molecular flexibility index (Phi) is 6.31. The van der Waals surface area contributed by atoms with Crippen LogP contribution in [0.3, 0.4) is 0 Å². The Morgan fingerprint density at radius 2 is 1.48 bits per heavy atom. The van der Waals surface area contributed by atoms with Gasteiger partial charge >= 0.3 is 10.2 Å². The number of rotatable bonds is 6. The molecule has 4 fully saturated rings. The van der Waals surface area contributed by atoms with Crippen LogP contribution in [0.15, 0.2) is 59.5 Å². The first kappa shape index (κ1) is 27.5. The van der Waals surface area contributed by atoms with Gasteiger partial charge in [0.2, 0.25) is 5.91 Å². The predicted molar refractivity (Wildman–Crippen MR) is 144 cm³/mol. The molecule has 40 heavy (non-hydrogen) atoms. The monoisotopic (exact) mass is 583 g/mol. The summed E-state index contributed by atoms with van der Waals surface area (Å²) in [6, 6.07) is 13.2. The summed E-state index contributed by atoms with van der Waals surface area (Å²) in [5.74, 6) is 0.584. The van der Waals surface area contributed by atoms with Crippen LogP contribution >= 0.6 is 10.2 Å². The van der Waals surface area contributed by atoms with Crippen molar-refractivity contribution >= 4 is 22.0 Å². The van der Waals surface area contributed by atoms with Gasteiger partial charge in [-0.2, -0.15) is 0 Å². The third-order valence-corrected chi connectivity index (χ3v) is 10.5. The predicted octanol–water partition coefficient (Wildman–Crippen LogP) is 6.58. The number of hydrogen-bond donors (Lipinski definition) is 1. The van der Waals surface area contributed by atoms with E-state index in [0.717, 1.165) is 25.2 Å². The Morgan fingerprint density at radius 3 is 2.12 bits per heavy atom. The Bertz CT molecular complexity index is 1290. The molecule has 4 aliphatic rings. The fourth-order valence-corrected chi connectivity index (χ4v) is 7.84. The quantitative estimate of drug-likeness (QED) is 0.391. The van der Waals surface area contributed by atoms with Gasteiger partial charge in [-0.1, -0.05) is 55.8 Å². The summed E-state index contributed by atoms with van der Waals surface area (Å²) in [6.07, 6.45) is 5.20. The van der Waals surface area contributed by atoms with Gasteiger partial charge in [0.25, 0.3) is 5.91 Å². The summed E-state index contributed by atoms with van der Waals surface area (Å²) in [7, 11) is -9.88. The molecule has 0 bridgehead atoms. The van der Waals surface area contributed by atoms with Gasteiger partial charge in [-0.05, 0) is 73.6 Å². The second kappa shape index (κ2) is 9.17. The standard InChI is InChI=1S/C29H34F5N3O2S/c30-40(31,32,33,34)24-8-4-7-21(15-24)28(38)35-22-13-14-36(16-22)29(39)27-25-17-37(18-26(25)27)23-11-9-20(10-12-23)19-5-2-1-3-6-19/h1-8,15,20,22-23,25-27H,9-14,16-18H2,(H,35,38)/t20?,22-,23?,25-,26+,27?/m0/s1. The van der Waals surface area contributed by atoms with Crippen molar-refractivity contribution in [3.8, 4) is 0 Å². The first-order valence-corrected chi connectivity index (χ1v) is 15.9. The minimum Gasteiger partial charge on any atom is -0.347 e. The van der Waals surface area contributed by atoms with Crippen LogP contribution in [-0.4, -0.2) is 59.9 Å². The Balaban J connectivity index is 0.971. The molecule has 2 aromatic rings. The van der Waals surface area contributed by atoms with Gasteiger partial charge in [0.05, 0.1) is 0 Å². The van der Waals surface area contributed by atoms with Crippen molar-refractivity contribution in [3.63, 3.8) is 0 Å². The number of nitrogens with one attached hydrogen (secondary N) is 1. The topological polar surface area (TPSA) is 52.7 Å². The summed E-state index contributed by atoms with van der Waals surface area (Å²) in [5.41, 5.74) is 0.943. The molecule has 2 aliphatic heterocycles. The molecule has 6 rings (SSSR count). The number of benzene rings is 2. The van der Waals surface area contributed by atoms with E-state index in [4.69, 9.17) is 0 Å². The summed E-state index contributed by atoms with van der Waals surface area (Å²) in [4.78, 5) is 28.0. The molecule has 0 spiro atoms. The van der Waals surface area contributed by atoms with Crippen molar-refractivity contribution in [2.75, 3.05) is 26.2 Å². The van der Waals surface area contributed by atoms with Crippen LogP contribution in [-0.2, 0) is 4.79 Å². The molecule has 2 aromatic carbocycles. The molecule has 1 N–H and O–H groups in total. The van der Waals surface area contributed by atoms with Crippen LogP contribution in [0.25, 0.3) is 0 Å². The second-order valence-electron chi connectivity index (χ2n) is 12.0. The molecule has 11 heteroatoms. The maximum absolute atomic E-state index is 13.2. The summed E-state index contributed by atoms with van der Waals surface area (Å²) >= 11 is 0. The Morgan fingerprint density at radius 1 is 0.800 bits per heavy atom. The number of hydrogen-bond acceptors (Lipinski definition) is 3. The molecule has 2 aliphatic carbocycles. The number of amides is 2. The number of likely N-dealkylation sites (tertiary alicyclic amines) is 2. The third kappa shape index (κ3) is 5.59. The van der Waals surface area contributed by atoms with Gasteiger partial charge in [0.1, 0.15) is 4.90 Å². The largest absolute Gasteiger partial charge is 0.347 e. The fraction of sp³-hybridized carbons (Fsp3) is 0.517. The van der Waals surface area contributed by atoms with E-state index in [-0.39, 0.29) is 30.5 Å². The van der Waals surface area contributed by atoms with E-state index in [0.29, 0.717) is 36.8 Å². The van der Waals surface area contributed by atoms with Crippen molar-refractivity contribution in [3.05, 3.63) is 65.7 Å². The summed E-state index contributed by atoms with van der Waals surface area (Å²) in [5, 5.41) is 2.62. The highest BCUT2D eigenvalue weighted by Gasteiger charge is 2.65. The Labute approximate surface area is 230 Å². The minimum atomic E-state index is -9.88. The summed E-state index contributed by atoms with van der Waals surface area (Å²) < 4.78 is 65.7. The second-order valence-corrected chi connectivity index (χ2v) is 14.4. The lowest BCUT2D eigenvalue weighted by Gasteiger charge is -2.40. The maximum atomic E-state index is 13.2. The lowest BCUT2D eigenvalue weighted by Crippen LogP contribution is -2.41. The van der Waals surface area contributed by atoms with Crippen LogP contribution in [0.2, 0.25) is 0 Å². The SMILES string of the molecule is O=C(N[C@H]1CCN(C(=O)C2[C@H]3CN(C4CCC(c5ccccc5)CC4)C[C@@H]23)C1)c1cccc(S(F)(F)(F)(F)F)c1. The molecular weight excluding hydrogens is 549 g/mol. The van der Waals surface area contributed by atoms with Gasteiger partial charge < -0.3 is 10.2 Å². The van der Waals surface area contributed by atoms with Crippen LogP contribution in [0, 0.1) is 17.8 Å². The van der Waals surface area contributed by atoms with E-state index in [1.54, 1.807) is 4.90 Å². The number of carbonyl (C=O) groups is 2. The molecule has 4 atom stereocenters. The summed E-state index contributed by atoms with van der Waals surface area (Å²) in [6.45, 7) is 2.61. The van der Waals surface area contributed by atoms with Crippen molar-refractivity contribution in [1.29, 1.82) is 0 Å². The van der Waals surface area contributed by atoms with Crippen LogP contribution in [0.1, 0.15) is 53.9 Å². The average Bonchev–Trinajstić information content (AvgIpc) is 3.22. The zero-order chi connectivity index (χ0) is 28.3. The lowest BCUT2D eigenvalue weighted by atomic mass is 9.81. The van der Waals surface area contributed by atoms with Gasteiger partial charge in [0.15, 0.2) is 0 Å². The molecule has 0 aromatic heterocycles. The molecule has 5 nitrogen and oxygen atoms in total. The zero-order valence-electron chi connectivity index (χ0n) is 22.0. The van der Waals surface area contributed by atoms with E-state index >= 15 is 0 Å².